The average molecular weight is 492 g/mol. The topological polar surface area (TPSA) is 96.1 Å². The number of halogens is 1. The molecule has 2 aliphatic heterocycles. The van der Waals surface area contributed by atoms with Gasteiger partial charge in [0.25, 0.3) is 5.69 Å². The summed E-state index contributed by atoms with van der Waals surface area (Å²) in [6.07, 6.45) is 1.49. The van der Waals surface area contributed by atoms with Gasteiger partial charge in [0.2, 0.25) is 5.78 Å². The van der Waals surface area contributed by atoms with Crippen LogP contribution in [0.4, 0.5) is 11.4 Å². The smallest absolute Gasteiger partial charge is 0.270 e. The lowest BCUT2D eigenvalue weighted by atomic mass is 10.0. The highest BCUT2D eigenvalue weighted by atomic mass is 35.5. The molecular weight excluding hydrogens is 470 g/mol. The van der Waals surface area contributed by atoms with Gasteiger partial charge in [-0.15, -0.1) is 0 Å². The molecule has 0 radical (unpaired) electrons. The lowest BCUT2D eigenvalue weighted by Crippen LogP contribution is -2.46. The summed E-state index contributed by atoms with van der Waals surface area (Å²) in [5.74, 6) is 0.144. The number of phenolic OH excluding ortho intramolecular Hbond substituents is 1. The van der Waals surface area contributed by atoms with Gasteiger partial charge in [0, 0.05) is 55.6 Å². The molecule has 2 heterocycles. The molecule has 3 aromatic rings. The van der Waals surface area contributed by atoms with Gasteiger partial charge in [-0.3, -0.25) is 19.8 Å². The average Bonchev–Trinajstić information content (AvgIpc) is 3.16. The molecule has 0 spiro atoms. The van der Waals surface area contributed by atoms with Crippen LogP contribution in [0.2, 0.25) is 5.02 Å². The Balaban J connectivity index is 1.33. The third-order valence-electron chi connectivity index (χ3n) is 6.22. The van der Waals surface area contributed by atoms with Gasteiger partial charge in [0.1, 0.15) is 11.5 Å². The van der Waals surface area contributed by atoms with Crippen molar-refractivity contribution in [2.75, 3.05) is 31.1 Å². The Hall–Kier alpha value is -3.88. The van der Waals surface area contributed by atoms with Crippen molar-refractivity contribution in [2.45, 2.75) is 6.54 Å². The Bertz CT molecular complexity index is 1350. The lowest BCUT2D eigenvalue weighted by Gasteiger charge is -2.36. The van der Waals surface area contributed by atoms with Crippen LogP contribution < -0.4 is 9.64 Å². The molecule has 2 aliphatic rings. The van der Waals surface area contributed by atoms with E-state index in [0.717, 1.165) is 31.9 Å². The molecule has 178 valence electrons. The fraction of sp³-hybridized carbons (Fsp3) is 0.192. The Morgan fingerprint density at radius 1 is 1.06 bits per heavy atom. The van der Waals surface area contributed by atoms with Crippen LogP contribution in [-0.4, -0.2) is 46.9 Å². The molecule has 8 nitrogen and oxygen atoms in total. The lowest BCUT2D eigenvalue weighted by molar-refractivity contribution is -0.384. The van der Waals surface area contributed by atoms with Gasteiger partial charge in [-0.25, -0.2) is 0 Å². The number of piperazine rings is 1. The number of rotatable bonds is 5. The summed E-state index contributed by atoms with van der Waals surface area (Å²) in [5, 5.41) is 22.4. The molecule has 0 bridgehead atoms. The summed E-state index contributed by atoms with van der Waals surface area (Å²) < 4.78 is 5.91. The van der Waals surface area contributed by atoms with Gasteiger partial charge in [0.15, 0.2) is 5.76 Å². The molecule has 0 saturated carbocycles. The van der Waals surface area contributed by atoms with Crippen molar-refractivity contribution < 1.29 is 19.6 Å². The zero-order valence-corrected chi connectivity index (χ0v) is 19.4. The second-order valence-corrected chi connectivity index (χ2v) is 8.91. The quantitative estimate of drug-likeness (QED) is 0.308. The number of nitro groups is 1. The number of ether oxygens (including phenoxy) is 1. The van der Waals surface area contributed by atoms with Crippen LogP contribution >= 0.6 is 11.6 Å². The minimum atomic E-state index is -0.490. The summed E-state index contributed by atoms with van der Waals surface area (Å²) in [5.41, 5.74) is 2.41. The minimum Gasteiger partial charge on any atom is -0.507 e. The van der Waals surface area contributed by atoms with E-state index in [1.165, 1.54) is 24.3 Å². The van der Waals surface area contributed by atoms with Crippen LogP contribution in [0.1, 0.15) is 21.5 Å². The highest BCUT2D eigenvalue weighted by Gasteiger charge is 2.32. The molecule has 0 aromatic heterocycles. The summed E-state index contributed by atoms with van der Waals surface area (Å²) >= 11 is 6.13. The van der Waals surface area contributed by atoms with Crippen LogP contribution in [0, 0.1) is 10.1 Å². The second kappa shape index (κ2) is 9.40. The fourth-order valence-electron chi connectivity index (χ4n) is 4.39. The monoisotopic (exact) mass is 491 g/mol. The first-order valence-electron chi connectivity index (χ1n) is 11.2. The third kappa shape index (κ3) is 4.71. The molecule has 9 heteroatoms. The molecule has 3 aromatic carbocycles. The normalized spacial score (nSPS) is 16.9. The number of hydrogen-bond donors (Lipinski definition) is 1. The van der Waals surface area contributed by atoms with Crippen molar-refractivity contribution in [1.82, 2.24) is 4.90 Å². The first-order chi connectivity index (χ1) is 16.9. The number of nitrogens with zero attached hydrogens (tertiary/aromatic N) is 3. The third-order valence-corrected chi connectivity index (χ3v) is 6.46. The van der Waals surface area contributed by atoms with E-state index >= 15 is 0 Å². The number of fused-ring (bicyclic) bond motifs is 1. The van der Waals surface area contributed by atoms with Crippen molar-refractivity contribution in [1.29, 1.82) is 0 Å². The van der Waals surface area contributed by atoms with Crippen molar-refractivity contribution in [3.05, 3.63) is 98.3 Å². The first kappa shape index (κ1) is 22.9. The molecule has 1 saturated heterocycles. The Morgan fingerprint density at radius 2 is 1.83 bits per heavy atom. The van der Waals surface area contributed by atoms with E-state index in [1.807, 2.05) is 24.3 Å². The zero-order valence-electron chi connectivity index (χ0n) is 18.7. The molecule has 0 aliphatic carbocycles. The van der Waals surface area contributed by atoms with E-state index in [0.29, 0.717) is 34.0 Å². The van der Waals surface area contributed by atoms with Gasteiger partial charge in [0.05, 0.1) is 16.1 Å². The summed E-state index contributed by atoms with van der Waals surface area (Å²) in [7, 11) is 0. The minimum absolute atomic E-state index is 0.0606. The summed E-state index contributed by atoms with van der Waals surface area (Å²) in [6, 6.07) is 16.8. The van der Waals surface area contributed by atoms with Crippen molar-refractivity contribution >= 4 is 34.8 Å². The Kier molecular flexibility index (Phi) is 6.15. The van der Waals surface area contributed by atoms with Gasteiger partial charge in [-0.2, -0.15) is 0 Å². The number of nitro benzene ring substituents is 1. The van der Waals surface area contributed by atoms with Crippen LogP contribution in [0.3, 0.4) is 0 Å². The van der Waals surface area contributed by atoms with E-state index in [9.17, 15) is 20.0 Å². The van der Waals surface area contributed by atoms with Gasteiger partial charge < -0.3 is 14.7 Å². The van der Waals surface area contributed by atoms with Crippen molar-refractivity contribution in [3.8, 4) is 11.5 Å². The maximum absolute atomic E-state index is 13.0. The molecule has 35 heavy (non-hydrogen) atoms. The van der Waals surface area contributed by atoms with Crippen LogP contribution in [-0.2, 0) is 6.54 Å². The maximum atomic E-state index is 13.0. The zero-order chi connectivity index (χ0) is 24.5. The molecular formula is C26H22ClN3O5. The molecule has 1 fully saturated rings. The number of benzene rings is 3. The number of ketones is 1. The number of carbonyl (C=O) groups excluding carboxylic acids is 1. The molecule has 0 amide bonds. The maximum Gasteiger partial charge on any atom is 0.270 e. The van der Waals surface area contributed by atoms with Gasteiger partial charge in [-0.05, 0) is 42.0 Å². The Labute approximate surface area is 206 Å². The predicted octanol–water partition coefficient (Wildman–Crippen LogP) is 4.89. The number of carbonyl (C=O) groups is 1. The van der Waals surface area contributed by atoms with Crippen LogP contribution in [0.5, 0.6) is 11.5 Å². The highest BCUT2D eigenvalue weighted by molar-refractivity contribution is 6.30. The molecule has 0 unspecified atom stereocenters. The van der Waals surface area contributed by atoms with Crippen molar-refractivity contribution in [3.63, 3.8) is 0 Å². The largest absolute Gasteiger partial charge is 0.507 e. The van der Waals surface area contributed by atoms with E-state index in [1.54, 1.807) is 18.2 Å². The van der Waals surface area contributed by atoms with Crippen LogP contribution in [0.25, 0.3) is 6.08 Å². The van der Waals surface area contributed by atoms with E-state index in [2.05, 4.69) is 9.80 Å². The molecule has 5 rings (SSSR count). The summed E-state index contributed by atoms with van der Waals surface area (Å²) in [6.45, 7) is 3.55. The second-order valence-electron chi connectivity index (χ2n) is 8.47. The summed E-state index contributed by atoms with van der Waals surface area (Å²) in [4.78, 5) is 28.0. The number of anilines is 1. The number of aromatic hydroxyl groups is 1. The SMILES string of the molecule is O=C1/C(=C/c2cccc([N+](=O)[O-])c2)Oc2c1ccc(O)c2CN1CCN(c2cccc(Cl)c2)CC1. The number of hydrogen-bond acceptors (Lipinski definition) is 7. The van der Waals surface area contributed by atoms with Gasteiger partial charge in [-0.1, -0.05) is 29.8 Å². The fourth-order valence-corrected chi connectivity index (χ4v) is 4.57. The van der Waals surface area contributed by atoms with Gasteiger partial charge >= 0.3 is 0 Å². The van der Waals surface area contributed by atoms with Crippen molar-refractivity contribution in [2.24, 2.45) is 0 Å². The Morgan fingerprint density at radius 3 is 2.57 bits per heavy atom. The van der Waals surface area contributed by atoms with E-state index < -0.39 is 4.92 Å². The van der Waals surface area contributed by atoms with Crippen LogP contribution in [0.15, 0.2) is 66.4 Å². The first-order valence-corrected chi connectivity index (χ1v) is 11.5. The van der Waals surface area contributed by atoms with E-state index in [4.69, 9.17) is 16.3 Å². The number of phenols is 1. The number of allylic oxidation sites excluding steroid dienone is 1. The standard InChI is InChI=1S/C26H22ClN3O5/c27-18-4-2-5-19(15-18)29-11-9-28(10-12-29)16-22-23(31)8-7-21-25(32)24(35-26(21)22)14-17-3-1-6-20(13-17)30(33)34/h1-8,13-15,31H,9-12,16H2/b24-14-. The number of Topliss-reactive ketones (excluding diaryl/α,β-unsaturated/α-hetero) is 1. The predicted molar refractivity (Wildman–Crippen MR) is 133 cm³/mol. The molecule has 1 N–H and O–H groups in total. The highest BCUT2D eigenvalue weighted by Crippen LogP contribution is 2.40. The van der Waals surface area contributed by atoms with E-state index in [-0.39, 0.29) is 23.0 Å². The molecule has 0 atom stereocenters. The number of non-ortho nitro benzene ring substituents is 1.